The van der Waals surface area contributed by atoms with Crippen LogP contribution in [0.15, 0.2) is 5.51 Å². The Kier molecular flexibility index (Phi) is 2.67. The molecule has 2 aliphatic carbocycles. The molecule has 5 heteroatoms. The second-order valence-corrected chi connectivity index (χ2v) is 6.04. The molecular weight excluding hydrogens is 236 g/mol. The maximum Gasteiger partial charge on any atom is 0.263 e. The fourth-order valence-corrected chi connectivity index (χ4v) is 2.78. The van der Waals surface area contributed by atoms with Crippen LogP contribution in [0.4, 0.5) is 0 Å². The van der Waals surface area contributed by atoms with Crippen LogP contribution in [0.5, 0.6) is 0 Å². The number of hydrogen-bond acceptors (Lipinski definition) is 4. The van der Waals surface area contributed by atoms with Crippen molar-refractivity contribution in [1.29, 1.82) is 0 Å². The van der Waals surface area contributed by atoms with Gasteiger partial charge in [-0.2, -0.15) is 0 Å². The zero-order chi connectivity index (χ0) is 11.9. The van der Waals surface area contributed by atoms with E-state index in [1.165, 1.54) is 11.3 Å². The fourth-order valence-electron chi connectivity index (χ4n) is 1.99. The molecule has 0 spiro atoms. The number of nitrogens with zero attached hydrogens (tertiary/aromatic N) is 1. The summed E-state index contributed by atoms with van der Waals surface area (Å²) < 4.78 is 0. The van der Waals surface area contributed by atoms with Gasteiger partial charge in [-0.25, -0.2) is 4.98 Å². The van der Waals surface area contributed by atoms with E-state index in [0.29, 0.717) is 12.5 Å². The molecule has 17 heavy (non-hydrogen) atoms. The maximum absolute atomic E-state index is 12.0. The Balaban J connectivity index is 1.63. The van der Waals surface area contributed by atoms with Gasteiger partial charge in [0.05, 0.1) is 17.8 Å². The number of amides is 1. The monoisotopic (exact) mass is 252 g/mol. The number of carbonyl (C=O) groups excluding carboxylic acids is 1. The van der Waals surface area contributed by atoms with Gasteiger partial charge in [0.25, 0.3) is 5.91 Å². The molecule has 1 amide bonds. The van der Waals surface area contributed by atoms with Gasteiger partial charge in [-0.3, -0.25) is 4.79 Å². The van der Waals surface area contributed by atoms with Crippen molar-refractivity contribution in [2.45, 2.75) is 31.6 Å². The van der Waals surface area contributed by atoms with E-state index in [2.05, 4.69) is 10.3 Å². The van der Waals surface area contributed by atoms with E-state index in [9.17, 15) is 9.90 Å². The second kappa shape index (κ2) is 4.07. The molecule has 0 radical (unpaired) electrons. The number of nitrogens with one attached hydrogen (secondary N) is 1. The van der Waals surface area contributed by atoms with Crippen molar-refractivity contribution in [3.63, 3.8) is 0 Å². The second-order valence-electron chi connectivity index (χ2n) is 5.18. The van der Waals surface area contributed by atoms with Gasteiger partial charge in [-0.05, 0) is 25.7 Å². The molecule has 0 atom stereocenters. The summed E-state index contributed by atoms with van der Waals surface area (Å²) in [5.74, 6) is 0.490. The van der Waals surface area contributed by atoms with Gasteiger partial charge in [0, 0.05) is 17.9 Å². The van der Waals surface area contributed by atoms with E-state index in [4.69, 9.17) is 0 Å². The lowest BCUT2D eigenvalue weighted by Gasteiger charge is -2.12. The lowest BCUT2D eigenvalue weighted by atomic mass is 10.1. The quantitative estimate of drug-likeness (QED) is 0.835. The van der Waals surface area contributed by atoms with Gasteiger partial charge in [0.15, 0.2) is 0 Å². The predicted octanol–water partition coefficient (Wildman–Crippen LogP) is 1.52. The molecule has 2 aliphatic rings. The van der Waals surface area contributed by atoms with Crippen LogP contribution in [0.25, 0.3) is 0 Å². The lowest BCUT2D eigenvalue weighted by Crippen LogP contribution is -2.31. The van der Waals surface area contributed by atoms with E-state index >= 15 is 0 Å². The van der Waals surface area contributed by atoms with Crippen LogP contribution in [0.1, 0.15) is 47.0 Å². The first kappa shape index (κ1) is 11.2. The molecule has 0 saturated heterocycles. The van der Waals surface area contributed by atoms with Gasteiger partial charge < -0.3 is 10.4 Å². The van der Waals surface area contributed by atoms with E-state index < -0.39 is 0 Å². The number of aromatic nitrogens is 1. The third-order valence-electron chi connectivity index (χ3n) is 3.68. The number of thiazole rings is 1. The summed E-state index contributed by atoms with van der Waals surface area (Å²) in [6.07, 6.45) is 4.35. The van der Waals surface area contributed by atoms with Crippen LogP contribution in [0.3, 0.4) is 0 Å². The van der Waals surface area contributed by atoms with Crippen molar-refractivity contribution in [3.05, 3.63) is 16.1 Å². The summed E-state index contributed by atoms with van der Waals surface area (Å²) in [4.78, 5) is 17.1. The highest BCUT2D eigenvalue weighted by Crippen LogP contribution is 2.44. The molecular formula is C12H16N2O2S. The average molecular weight is 252 g/mol. The molecule has 4 nitrogen and oxygen atoms in total. The third-order valence-corrected chi connectivity index (χ3v) is 4.52. The Labute approximate surface area is 104 Å². The van der Waals surface area contributed by atoms with Crippen molar-refractivity contribution in [2.75, 3.05) is 13.2 Å². The minimum atomic E-state index is -0.0277. The smallest absolute Gasteiger partial charge is 0.263 e. The molecule has 1 aromatic rings. The molecule has 1 heterocycles. The SMILES string of the molecule is O=C(NCC1(CO)CC1)c1scnc1C1CC1. The molecule has 0 unspecified atom stereocenters. The Morgan fingerprint density at radius 3 is 2.94 bits per heavy atom. The largest absolute Gasteiger partial charge is 0.396 e. The van der Waals surface area contributed by atoms with Crippen molar-refractivity contribution < 1.29 is 9.90 Å². The molecule has 0 aliphatic heterocycles. The molecule has 0 bridgehead atoms. The van der Waals surface area contributed by atoms with Gasteiger partial charge >= 0.3 is 0 Å². The third kappa shape index (κ3) is 2.21. The first-order valence-electron chi connectivity index (χ1n) is 6.06. The molecule has 0 aromatic carbocycles. The first-order valence-corrected chi connectivity index (χ1v) is 6.94. The topological polar surface area (TPSA) is 62.2 Å². The van der Waals surface area contributed by atoms with Gasteiger partial charge in [0.1, 0.15) is 4.88 Å². The Morgan fingerprint density at radius 2 is 2.35 bits per heavy atom. The van der Waals surface area contributed by atoms with Crippen molar-refractivity contribution >= 4 is 17.2 Å². The Morgan fingerprint density at radius 1 is 1.59 bits per heavy atom. The lowest BCUT2D eigenvalue weighted by molar-refractivity contribution is 0.0938. The summed E-state index contributed by atoms with van der Waals surface area (Å²) in [5, 5.41) is 12.1. The van der Waals surface area contributed by atoms with Crippen LogP contribution in [-0.4, -0.2) is 29.1 Å². The minimum Gasteiger partial charge on any atom is -0.396 e. The summed E-state index contributed by atoms with van der Waals surface area (Å²) in [5.41, 5.74) is 2.70. The molecule has 2 fully saturated rings. The van der Waals surface area contributed by atoms with Crippen LogP contribution in [-0.2, 0) is 0 Å². The average Bonchev–Trinajstić information content (AvgIpc) is 3.27. The molecule has 3 rings (SSSR count). The number of rotatable bonds is 5. The fraction of sp³-hybridized carbons (Fsp3) is 0.667. The summed E-state index contributed by atoms with van der Waals surface area (Å²) in [6.45, 7) is 0.760. The number of aliphatic hydroxyl groups is 1. The van der Waals surface area contributed by atoms with Gasteiger partial charge in [-0.1, -0.05) is 0 Å². The maximum atomic E-state index is 12.0. The summed E-state index contributed by atoms with van der Waals surface area (Å²) in [6, 6.07) is 0. The van der Waals surface area contributed by atoms with Crippen molar-refractivity contribution in [3.8, 4) is 0 Å². The zero-order valence-corrected chi connectivity index (χ0v) is 10.4. The summed E-state index contributed by atoms with van der Waals surface area (Å²) in [7, 11) is 0. The highest BCUT2D eigenvalue weighted by atomic mass is 32.1. The molecule has 2 N–H and O–H groups in total. The molecule has 1 aromatic heterocycles. The number of carbonyl (C=O) groups is 1. The summed E-state index contributed by atoms with van der Waals surface area (Å²) >= 11 is 1.42. The Bertz CT molecular complexity index is 435. The zero-order valence-electron chi connectivity index (χ0n) is 9.61. The van der Waals surface area contributed by atoms with E-state index in [1.807, 2.05) is 0 Å². The van der Waals surface area contributed by atoms with Crippen LogP contribution in [0.2, 0.25) is 0 Å². The van der Waals surface area contributed by atoms with Gasteiger partial charge in [-0.15, -0.1) is 11.3 Å². The number of hydrogen-bond donors (Lipinski definition) is 2. The van der Waals surface area contributed by atoms with Crippen LogP contribution in [0, 0.1) is 5.41 Å². The normalized spacial score (nSPS) is 21.2. The van der Waals surface area contributed by atoms with E-state index in [1.54, 1.807) is 5.51 Å². The highest BCUT2D eigenvalue weighted by Gasteiger charge is 2.42. The van der Waals surface area contributed by atoms with E-state index in [-0.39, 0.29) is 17.9 Å². The molecule has 92 valence electrons. The first-order chi connectivity index (χ1) is 8.24. The highest BCUT2D eigenvalue weighted by molar-refractivity contribution is 7.11. The predicted molar refractivity (Wildman–Crippen MR) is 65.2 cm³/mol. The van der Waals surface area contributed by atoms with Crippen LogP contribution >= 0.6 is 11.3 Å². The standard InChI is InChI=1S/C12H16N2O2S/c15-6-12(3-4-12)5-13-11(16)10-9(8-1-2-8)14-7-17-10/h7-8,15H,1-6H2,(H,13,16). The van der Waals surface area contributed by atoms with Crippen LogP contribution < -0.4 is 5.32 Å². The Hall–Kier alpha value is -0.940. The van der Waals surface area contributed by atoms with E-state index in [0.717, 1.165) is 36.3 Å². The minimum absolute atomic E-state index is 0.0193. The van der Waals surface area contributed by atoms with Crippen molar-refractivity contribution in [1.82, 2.24) is 10.3 Å². The number of aliphatic hydroxyl groups excluding tert-OH is 1. The van der Waals surface area contributed by atoms with Gasteiger partial charge in [0.2, 0.25) is 0 Å². The van der Waals surface area contributed by atoms with Crippen molar-refractivity contribution in [2.24, 2.45) is 5.41 Å². The molecule has 2 saturated carbocycles.